The molecule has 2 aromatic rings. The molecule has 1 aliphatic rings. The second-order valence-electron chi connectivity index (χ2n) is 6.44. The molecule has 0 radical (unpaired) electrons. The third-order valence-corrected chi connectivity index (χ3v) is 4.47. The Morgan fingerprint density at radius 3 is 2.92 bits per heavy atom. The Balaban J connectivity index is 1.74. The summed E-state index contributed by atoms with van der Waals surface area (Å²) in [6, 6.07) is 3.86. The molecule has 1 aliphatic heterocycles. The smallest absolute Gasteiger partial charge is 0.223 e. The molecule has 2 atom stereocenters. The lowest BCUT2D eigenvalue weighted by Crippen LogP contribution is -2.36. The van der Waals surface area contributed by atoms with E-state index in [0.717, 1.165) is 24.6 Å². The highest BCUT2D eigenvalue weighted by Crippen LogP contribution is 2.27. The summed E-state index contributed by atoms with van der Waals surface area (Å²) in [7, 11) is 5.65. The van der Waals surface area contributed by atoms with E-state index in [1.54, 1.807) is 25.7 Å². The van der Waals surface area contributed by atoms with Crippen LogP contribution in [-0.4, -0.2) is 71.5 Å². The van der Waals surface area contributed by atoms with Gasteiger partial charge in [-0.25, -0.2) is 19.9 Å². The molecule has 1 saturated heterocycles. The molecule has 9 heteroatoms. The van der Waals surface area contributed by atoms with E-state index in [1.165, 1.54) is 0 Å². The molecule has 0 unspecified atom stereocenters. The van der Waals surface area contributed by atoms with E-state index in [0.29, 0.717) is 18.2 Å². The highest BCUT2D eigenvalue weighted by Gasteiger charge is 2.33. The van der Waals surface area contributed by atoms with Crippen molar-refractivity contribution in [3.8, 4) is 0 Å². The number of aromatic nitrogens is 4. The number of hydrogen-bond donors (Lipinski definition) is 2. The number of anilines is 3. The van der Waals surface area contributed by atoms with Gasteiger partial charge in [-0.3, -0.25) is 0 Å². The monoisotopic (exact) mass is 359 g/mol. The fourth-order valence-electron chi connectivity index (χ4n) is 3.04. The van der Waals surface area contributed by atoms with Gasteiger partial charge < -0.3 is 25.0 Å². The number of nitrogens with one attached hydrogen (secondary N) is 1. The minimum Gasteiger partial charge on any atom is -0.390 e. The zero-order valence-corrected chi connectivity index (χ0v) is 15.3. The van der Waals surface area contributed by atoms with Crippen molar-refractivity contribution in [2.45, 2.75) is 25.2 Å². The summed E-state index contributed by atoms with van der Waals surface area (Å²) in [6.07, 6.45) is 4.25. The number of aliphatic hydroxyl groups excluding tert-OH is 1. The summed E-state index contributed by atoms with van der Waals surface area (Å²) in [6.45, 7) is 1.31. The highest BCUT2D eigenvalue weighted by atomic mass is 16.5. The Morgan fingerprint density at radius 1 is 1.35 bits per heavy atom. The fourth-order valence-corrected chi connectivity index (χ4v) is 3.04. The van der Waals surface area contributed by atoms with Gasteiger partial charge >= 0.3 is 0 Å². The van der Waals surface area contributed by atoms with E-state index in [2.05, 4.69) is 30.2 Å². The quantitative estimate of drug-likeness (QED) is 0.733. The molecule has 3 rings (SSSR count). The van der Waals surface area contributed by atoms with E-state index < -0.39 is 0 Å². The summed E-state index contributed by atoms with van der Waals surface area (Å²) in [5, 5.41) is 12.5. The molecule has 140 valence electrons. The molecule has 0 saturated carbocycles. The van der Waals surface area contributed by atoms with Gasteiger partial charge in [-0.2, -0.15) is 0 Å². The molecule has 9 nitrogen and oxygen atoms in total. The molecular formula is C17H25N7O2. The SMILES string of the molecule is CO[C@@H]1C[C@H](CNc2nccc(CO)n2)N(c2cc(N(C)C)ncn2)C1. The lowest BCUT2D eigenvalue weighted by molar-refractivity contribution is 0.118. The van der Waals surface area contributed by atoms with E-state index in [1.807, 2.05) is 25.1 Å². The first-order valence-corrected chi connectivity index (χ1v) is 8.56. The summed E-state index contributed by atoms with van der Waals surface area (Å²) in [4.78, 5) is 21.4. The van der Waals surface area contributed by atoms with Crippen LogP contribution in [0.3, 0.4) is 0 Å². The number of rotatable bonds is 7. The summed E-state index contributed by atoms with van der Waals surface area (Å²) in [5.74, 6) is 2.25. The largest absolute Gasteiger partial charge is 0.390 e. The normalized spacial score (nSPS) is 19.6. The Morgan fingerprint density at radius 2 is 2.19 bits per heavy atom. The van der Waals surface area contributed by atoms with Crippen molar-refractivity contribution < 1.29 is 9.84 Å². The van der Waals surface area contributed by atoms with Gasteiger partial charge in [0.1, 0.15) is 18.0 Å². The van der Waals surface area contributed by atoms with Crippen LogP contribution in [0.1, 0.15) is 12.1 Å². The standard InChI is InChI=1S/C17H25N7O2/c1-23(2)15-7-16(21-11-20-15)24-9-14(26-3)6-13(24)8-19-17-18-5-4-12(10-25)22-17/h4-5,7,11,13-14,25H,6,8-10H2,1-3H3,(H,18,19,22)/t13-,14-/m1/s1. The Labute approximate surface area is 153 Å². The van der Waals surface area contributed by atoms with E-state index in [9.17, 15) is 5.11 Å². The lowest BCUT2D eigenvalue weighted by Gasteiger charge is -2.26. The average molecular weight is 359 g/mol. The minimum atomic E-state index is -0.104. The van der Waals surface area contributed by atoms with Gasteiger partial charge in [-0.05, 0) is 12.5 Å². The third kappa shape index (κ3) is 4.17. The predicted octanol–water partition coefficient (Wildman–Crippen LogP) is 0.531. The topological polar surface area (TPSA) is 99.5 Å². The van der Waals surface area contributed by atoms with Crippen molar-refractivity contribution in [3.05, 3.63) is 30.4 Å². The molecular weight excluding hydrogens is 334 g/mol. The van der Waals surface area contributed by atoms with Crippen LogP contribution in [-0.2, 0) is 11.3 Å². The first-order chi connectivity index (χ1) is 12.6. The van der Waals surface area contributed by atoms with Crippen LogP contribution in [0.5, 0.6) is 0 Å². The van der Waals surface area contributed by atoms with Crippen LogP contribution in [0.15, 0.2) is 24.7 Å². The van der Waals surface area contributed by atoms with E-state index in [-0.39, 0.29) is 18.8 Å². The summed E-state index contributed by atoms with van der Waals surface area (Å²) in [5.41, 5.74) is 0.590. The van der Waals surface area contributed by atoms with Crippen molar-refractivity contribution >= 4 is 17.6 Å². The molecule has 0 spiro atoms. The van der Waals surface area contributed by atoms with Gasteiger partial charge in [0, 0.05) is 46.6 Å². The predicted molar refractivity (Wildman–Crippen MR) is 99.4 cm³/mol. The zero-order valence-electron chi connectivity index (χ0n) is 15.3. The van der Waals surface area contributed by atoms with Gasteiger partial charge in [0.25, 0.3) is 0 Å². The van der Waals surface area contributed by atoms with Gasteiger partial charge in [-0.15, -0.1) is 0 Å². The zero-order chi connectivity index (χ0) is 18.5. The fraction of sp³-hybridized carbons (Fsp3) is 0.529. The first kappa shape index (κ1) is 18.3. The Kier molecular flexibility index (Phi) is 5.79. The van der Waals surface area contributed by atoms with Crippen LogP contribution in [0.4, 0.5) is 17.6 Å². The number of methoxy groups -OCH3 is 1. The Bertz CT molecular complexity index is 728. The third-order valence-electron chi connectivity index (χ3n) is 4.47. The van der Waals surface area contributed by atoms with E-state index >= 15 is 0 Å². The van der Waals surface area contributed by atoms with Crippen LogP contribution < -0.4 is 15.1 Å². The van der Waals surface area contributed by atoms with Crippen LogP contribution >= 0.6 is 0 Å². The van der Waals surface area contributed by atoms with Gasteiger partial charge in [0.05, 0.1) is 24.4 Å². The Hall–Kier alpha value is -2.52. The second kappa shape index (κ2) is 8.24. The molecule has 3 heterocycles. The highest BCUT2D eigenvalue weighted by molar-refractivity contribution is 5.51. The number of aliphatic hydroxyl groups is 1. The first-order valence-electron chi connectivity index (χ1n) is 8.56. The summed E-state index contributed by atoms with van der Waals surface area (Å²) >= 11 is 0. The summed E-state index contributed by atoms with van der Waals surface area (Å²) < 4.78 is 5.57. The lowest BCUT2D eigenvalue weighted by atomic mass is 10.2. The molecule has 0 aromatic carbocycles. The molecule has 2 aromatic heterocycles. The van der Waals surface area contributed by atoms with Gasteiger partial charge in [0.15, 0.2) is 0 Å². The molecule has 0 amide bonds. The van der Waals surface area contributed by atoms with Gasteiger partial charge in [-0.1, -0.05) is 0 Å². The number of hydrogen-bond acceptors (Lipinski definition) is 9. The maximum absolute atomic E-state index is 9.21. The minimum absolute atomic E-state index is 0.104. The maximum atomic E-state index is 9.21. The van der Waals surface area contributed by atoms with Crippen molar-refractivity contribution in [1.29, 1.82) is 0 Å². The number of nitrogens with zero attached hydrogens (tertiary/aromatic N) is 6. The second-order valence-corrected chi connectivity index (χ2v) is 6.44. The van der Waals surface area contributed by atoms with Crippen molar-refractivity contribution in [2.24, 2.45) is 0 Å². The molecule has 2 N–H and O–H groups in total. The van der Waals surface area contributed by atoms with E-state index in [4.69, 9.17) is 4.74 Å². The average Bonchev–Trinajstić information content (AvgIpc) is 3.10. The van der Waals surface area contributed by atoms with Crippen LogP contribution in [0.2, 0.25) is 0 Å². The number of ether oxygens (including phenoxy) is 1. The van der Waals surface area contributed by atoms with Crippen molar-refractivity contribution in [3.63, 3.8) is 0 Å². The van der Waals surface area contributed by atoms with Crippen molar-refractivity contribution in [2.75, 3.05) is 49.4 Å². The molecule has 1 fully saturated rings. The van der Waals surface area contributed by atoms with Crippen LogP contribution in [0, 0.1) is 0 Å². The van der Waals surface area contributed by atoms with Gasteiger partial charge in [0.2, 0.25) is 5.95 Å². The maximum Gasteiger partial charge on any atom is 0.223 e. The molecule has 0 aliphatic carbocycles. The van der Waals surface area contributed by atoms with Crippen LogP contribution in [0.25, 0.3) is 0 Å². The van der Waals surface area contributed by atoms with Crippen molar-refractivity contribution in [1.82, 2.24) is 19.9 Å². The molecule has 0 bridgehead atoms. The molecule has 26 heavy (non-hydrogen) atoms.